The van der Waals surface area contributed by atoms with Gasteiger partial charge >= 0.3 is 29.6 Å². The summed E-state index contributed by atoms with van der Waals surface area (Å²) in [5, 5.41) is 25.5. The Morgan fingerprint density at radius 2 is 1.79 bits per heavy atom. The number of benzene rings is 4. The number of anilines is 1. The maximum Gasteiger partial charge on any atom is 1.00 e. The standard InChI is InChI=1S/C26H21Cl2N3O6S.Na/c1-3-18-22(9-8-21(28)25(18)38(34,35)36)30-31-23-19-7-5-4-6-14(19)10-20(24(23)32)26(33)29-16-11-15(27)12-17(13-16)37-2;/h4-13,32H,3H2,1-2H3,(H,29,33)(H,34,35,36);/q;+1/p-1. The SMILES string of the molecule is CCc1c(N=Nc2c([O-])c(C(=O)Nc3cc(Cl)cc(OC)c3)cc3ccccc23)ccc(Cl)c1S(=O)(=O)O.[Na+]. The van der Waals surface area contributed by atoms with Crippen LogP contribution in [0.1, 0.15) is 22.8 Å². The van der Waals surface area contributed by atoms with Gasteiger partial charge in [-0.25, -0.2) is 0 Å². The molecule has 4 aromatic rings. The van der Waals surface area contributed by atoms with E-state index in [0.717, 1.165) is 0 Å². The average molecular weight is 596 g/mol. The number of amides is 1. The maximum absolute atomic E-state index is 13.4. The minimum absolute atomic E-state index is 0. The molecular weight excluding hydrogens is 576 g/mol. The molecule has 13 heteroatoms. The summed E-state index contributed by atoms with van der Waals surface area (Å²) in [4.78, 5) is 12.7. The van der Waals surface area contributed by atoms with Gasteiger partial charge in [-0.1, -0.05) is 60.1 Å². The zero-order valence-corrected chi connectivity index (χ0v) is 25.4. The Morgan fingerprint density at radius 1 is 1.08 bits per heavy atom. The fourth-order valence-corrected chi connectivity index (χ4v) is 5.50. The van der Waals surface area contributed by atoms with E-state index in [4.69, 9.17) is 27.9 Å². The van der Waals surface area contributed by atoms with Crippen molar-refractivity contribution in [2.75, 3.05) is 12.4 Å². The van der Waals surface area contributed by atoms with Crippen LogP contribution in [0.25, 0.3) is 10.8 Å². The molecule has 0 spiro atoms. The molecule has 9 nitrogen and oxygen atoms in total. The molecule has 0 saturated carbocycles. The summed E-state index contributed by atoms with van der Waals surface area (Å²) in [6.45, 7) is 1.66. The Labute approximate surface area is 256 Å². The van der Waals surface area contributed by atoms with Gasteiger partial charge in [0.15, 0.2) is 0 Å². The molecule has 0 aliphatic rings. The first-order valence-corrected chi connectivity index (χ1v) is 13.3. The Morgan fingerprint density at radius 3 is 2.46 bits per heavy atom. The van der Waals surface area contributed by atoms with E-state index in [1.165, 1.54) is 31.4 Å². The Kier molecular flexibility index (Phi) is 10.0. The summed E-state index contributed by atoms with van der Waals surface area (Å²) in [5.41, 5.74) is 0.226. The smallest absolute Gasteiger partial charge is 0.870 e. The molecule has 0 aromatic heterocycles. The number of hydrogen-bond acceptors (Lipinski definition) is 7. The van der Waals surface area contributed by atoms with Crippen molar-refractivity contribution >= 4 is 67.1 Å². The number of nitrogens with zero attached hydrogens (tertiary/aromatic N) is 2. The molecule has 0 bridgehead atoms. The molecule has 0 aliphatic heterocycles. The number of fused-ring (bicyclic) bond motifs is 1. The number of halogens is 2. The second-order valence-corrected chi connectivity index (χ2v) is 10.3. The Hall–Kier alpha value is -2.70. The maximum atomic E-state index is 13.4. The minimum atomic E-state index is -4.65. The van der Waals surface area contributed by atoms with Crippen molar-refractivity contribution in [2.24, 2.45) is 10.2 Å². The van der Waals surface area contributed by atoms with Crippen LogP contribution >= 0.6 is 23.2 Å². The van der Waals surface area contributed by atoms with E-state index in [0.29, 0.717) is 27.2 Å². The number of methoxy groups -OCH3 is 1. The van der Waals surface area contributed by atoms with Crippen LogP contribution in [0.5, 0.6) is 11.5 Å². The van der Waals surface area contributed by atoms with Crippen LogP contribution in [0, 0.1) is 0 Å². The van der Waals surface area contributed by atoms with Gasteiger partial charge in [0.2, 0.25) is 0 Å². The molecule has 0 radical (unpaired) electrons. The molecule has 0 aliphatic carbocycles. The van der Waals surface area contributed by atoms with Crippen LogP contribution < -0.4 is 44.7 Å². The predicted octanol–water partition coefficient (Wildman–Crippen LogP) is 3.71. The first-order valence-electron chi connectivity index (χ1n) is 11.1. The third kappa shape index (κ3) is 6.72. The summed E-state index contributed by atoms with van der Waals surface area (Å²) in [7, 11) is -3.19. The molecule has 0 fully saturated rings. The fourth-order valence-electron chi connectivity index (χ4n) is 3.94. The van der Waals surface area contributed by atoms with Crippen LogP contribution in [-0.4, -0.2) is 26.0 Å². The third-order valence-electron chi connectivity index (χ3n) is 5.64. The summed E-state index contributed by atoms with van der Waals surface area (Å²) in [5.74, 6) is -0.973. The number of carbonyl (C=O) groups excluding carboxylic acids is 1. The molecule has 0 heterocycles. The van der Waals surface area contributed by atoms with E-state index < -0.39 is 26.7 Å². The second-order valence-electron chi connectivity index (χ2n) is 8.06. The van der Waals surface area contributed by atoms with Crippen molar-refractivity contribution in [3.05, 3.63) is 81.8 Å². The van der Waals surface area contributed by atoms with Gasteiger partial charge in [0, 0.05) is 33.3 Å². The molecule has 4 rings (SSSR count). The van der Waals surface area contributed by atoms with Crippen LogP contribution in [0.2, 0.25) is 10.0 Å². The van der Waals surface area contributed by atoms with Crippen molar-refractivity contribution < 1.29 is 57.2 Å². The fraction of sp³-hybridized carbons (Fsp3) is 0.115. The first-order chi connectivity index (χ1) is 18.0. The number of azo groups is 1. The molecule has 1 amide bonds. The van der Waals surface area contributed by atoms with Crippen LogP contribution in [0.3, 0.4) is 0 Å². The van der Waals surface area contributed by atoms with Crippen LogP contribution in [-0.2, 0) is 16.5 Å². The van der Waals surface area contributed by atoms with Crippen LogP contribution in [0.4, 0.5) is 17.1 Å². The summed E-state index contributed by atoms with van der Waals surface area (Å²) < 4.78 is 38.6. The van der Waals surface area contributed by atoms with E-state index in [-0.39, 0.29) is 63.5 Å². The molecule has 0 unspecified atom stereocenters. The summed E-state index contributed by atoms with van der Waals surface area (Å²) >= 11 is 12.1. The zero-order chi connectivity index (χ0) is 27.6. The van der Waals surface area contributed by atoms with Crippen LogP contribution in [0.15, 0.2) is 75.8 Å². The van der Waals surface area contributed by atoms with Gasteiger partial charge in [-0.2, -0.15) is 18.6 Å². The molecule has 39 heavy (non-hydrogen) atoms. The van der Waals surface area contributed by atoms with Gasteiger partial charge in [0.05, 0.1) is 23.5 Å². The molecule has 196 valence electrons. The molecule has 4 aromatic carbocycles. The van der Waals surface area contributed by atoms with Gasteiger partial charge in [-0.3, -0.25) is 9.35 Å². The number of rotatable bonds is 7. The van der Waals surface area contributed by atoms with Gasteiger partial charge in [0.1, 0.15) is 10.6 Å². The number of ether oxygens (including phenoxy) is 1. The van der Waals surface area contributed by atoms with E-state index in [1.54, 1.807) is 43.3 Å². The van der Waals surface area contributed by atoms with Crippen molar-refractivity contribution in [3.8, 4) is 11.5 Å². The average Bonchev–Trinajstić information content (AvgIpc) is 2.86. The number of nitrogens with one attached hydrogen (secondary N) is 1. The van der Waals surface area contributed by atoms with E-state index >= 15 is 0 Å². The van der Waals surface area contributed by atoms with Gasteiger partial charge in [-0.15, -0.1) is 0 Å². The zero-order valence-electron chi connectivity index (χ0n) is 21.0. The van der Waals surface area contributed by atoms with Gasteiger partial charge in [0.25, 0.3) is 16.0 Å². The molecular formula is C26H20Cl2N3NaO6S. The van der Waals surface area contributed by atoms with E-state index in [1.807, 2.05) is 0 Å². The Balaban J connectivity index is 0.00000420. The third-order valence-corrected chi connectivity index (χ3v) is 7.27. The topological polar surface area (TPSA) is 140 Å². The quantitative estimate of drug-likeness (QED) is 0.189. The van der Waals surface area contributed by atoms with Gasteiger partial charge in [-0.05, 0) is 42.1 Å². The normalized spacial score (nSPS) is 11.4. The summed E-state index contributed by atoms with van der Waals surface area (Å²) in [6.07, 6.45) is 0.153. The molecule has 0 saturated heterocycles. The predicted molar refractivity (Wildman–Crippen MR) is 144 cm³/mol. The van der Waals surface area contributed by atoms with Crippen molar-refractivity contribution in [1.29, 1.82) is 0 Å². The summed E-state index contributed by atoms with van der Waals surface area (Å²) in [6, 6.07) is 15.6. The number of carbonyl (C=O) groups is 1. The minimum Gasteiger partial charge on any atom is -0.870 e. The second kappa shape index (κ2) is 12.6. The largest absolute Gasteiger partial charge is 1.00 e. The molecule has 2 N–H and O–H groups in total. The monoisotopic (exact) mass is 595 g/mol. The van der Waals surface area contributed by atoms with Crippen molar-refractivity contribution in [1.82, 2.24) is 0 Å². The van der Waals surface area contributed by atoms with E-state index in [2.05, 4.69) is 15.5 Å². The molecule has 0 atom stereocenters. The van der Waals surface area contributed by atoms with Crippen molar-refractivity contribution in [2.45, 2.75) is 18.2 Å². The van der Waals surface area contributed by atoms with E-state index in [9.17, 15) is 22.9 Å². The van der Waals surface area contributed by atoms with Gasteiger partial charge < -0.3 is 15.2 Å². The van der Waals surface area contributed by atoms with Crippen molar-refractivity contribution in [3.63, 3.8) is 0 Å². The Bertz CT molecular complexity index is 1710. The number of hydrogen-bond donors (Lipinski definition) is 2. The first kappa shape index (κ1) is 30.8.